The van der Waals surface area contributed by atoms with Crippen LogP contribution in [0.1, 0.15) is 25.3 Å². The summed E-state index contributed by atoms with van der Waals surface area (Å²) in [5.74, 6) is -1.45. The summed E-state index contributed by atoms with van der Waals surface area (Å²) < 4.78 is 0. The average Bonchev–Trinajstić information content (AvgIpc) is 3.13. The number of Topliss-reactive ketones (excluding diaryl/α,β-unsaturated/α-hetero) is 1. The highest BCUT2D eigenvalue weighted by Gasteiger charge is 2.57. The van der Waals surface area contributed by atoms with Gasteiger partial charge in [0, 0.05) is 18.7 Å². The van der Waals surface area contributed by atoms with Crippen molar-refractivity contribution in [2.24, 2.45) is 5.73 Å². The van der Waals surface area contributed by atoms with Crippen molar-refractivity contribution in [3.63, 3.8) is 0 Å². The van der Waals surface area contributed by atoms with Gasteiger partial charge in [0.05, 0.1) is 11.5 Å². The number of ketones is 1. The van der Waals surface area contributed by atoms with Crippen LogP contribution in [0.5, 0.6) is 0 Å². The van der Waals surface area contributed by atoms with E-state index in [1.165, 1.54) is 11.8 Å². The third-order valence-electron chi connectivity index (χ3n) is 5.23. The van der Waals surface area contributed by atoms with Crippen LogP contribution in [-0.2, 0) is 24.6 Å². The summed E-state index contributed by atoms with van der Waals surface area (Å²) in [6.45, 7) is 1.45. The topological polar surface area (TPSA) is 122 Å². The molecule has 138 valence electrons. The van der Waals surface area contributed by atoms with Crippen LogP contribution in [0.4, 0.5) is 5.69 Å². The van der Waals surface area contributed by atoms with Gasteiger partial charge in [-0.3, -0.25) is 19.2 Å². The Morgan fingerprint density at radius 1 is 1.38 bits per heavy atom. The van der Waals surface area contributed by atoms with Crippen molar-refractivity contribution >= 4 is 29.2 Å². The fourth-order valence-electron chi connectivity index (χ4n) is 3.93. The number of amides is 3. The SMILES string of the molecule is CN[C@@H](CC(C)=O)C(=O)N1C[C@]2(C[C@H]1C(N)=O)C(=O)Nc1ccccc12. The van der Waals surface area contributed by atoms with Crippen molar-refractivity contribution in [2.45, 2.75) is 37.3 Å². The maximum absolute atomic E-state index is 13.0. The van der Waals surface area contributed by atoms with Crippen molar-refractivity contribution < 1.29 is 19.2 Å². The Balaban J connectivity index is 1.97. The van der Waals surface area contributed by atoms with Crippen LogP contribution in [-0.4, -0.2) is 54.1 Å². The maximum atomic E-state index is 13.0. The fraction of sp³-hybridized carbons (Fsp3) is 0.444. The van der Waals surface area contributed by atoms with Gasteiger partial charge < -0.3 is 21.3 Å². The molecular weight excluding hydrogens is 336 g/mol. The van der Waals surface area contributed by atoms with E-state index in [1.54, 1.807) is 13.1 Å². The summed E-state index contributed by atoms with van der Waals surface area (Å²) >= 11 is 0. The van der Waals surface area contributed by atoms with Crippen LogP contribution >= 0.6 is 0 Å². The van der Waals surface area contributed by atoms with Crippen LogP contribution in [0.15, 0.2) is 24.3 Å². The van der Waals surface area contributed by atoms with Gasteiger partial charge in [-0.2, -0.15) is 0 Å². The van der Waals surface area contributed by atoms with Crippen molar-refractivity contribution in [3.05, 3.63) is 29.8 Å². The number of carbonyl (C=O) groups excluding carboxylic acids is 4. The fourth-order valence-corrected chi connectivity index (χ4v) is 3.93. The van der Waals surface area contributed by atoms with Crippen LogP contribution in [0.2, 0.25) is 0 Å². The predicted octanol–water partition coefficient (Wildman–Crippen LogP) is -0.470. The molecular formula is C18H22N4O4. The molecule has 0 aliphatic carbocycles. The maximum Gasteiger partial charge on any atom is 0.240 e. The van der Waals surface area contributed by atoms with E-state index >= 15 is 0 Å². The molecule has 8 nitrogen and oxygen atoms in total. The number of hydrogen-bond acceptors (Lipinski definition) is 5. The Hall–Kier alpha value is -2.74. The van der Waals surface area contributed by atoms with E-state index in [9.17, 15) is 19.2 Å². The number of carbonyl (C=O) groups is 4. The van der Waals surface area contributed by atoms with Crippen LogP contribution in [0, 0.1) is 0 Å². The van der Waals surface area contributed by atoms with Crippen molar-refractivity contribution in [3.8, 4) is 0 Å². The molecule has 4 N–H and O–H groups in total. The minimum absolute atomic E-state index is 0.00704. The van der Waals surface area contributed by atoms with Gasteiger partial charge in [-0.05, 0) is 32.0 Å². The van der Waals surface area contributed by atoms with Crippen LogP contribution in [0.3, 0.4) is 0 Å². The first-order valence-corrected chi connectivity index (χ1v) is 8.47. The minimum Gasteiger partial charge on any atom is -0.368 e. The monoisotopic (exact) mass is 358 g/mol. The summed E-state index contributed by atoms with van der Waals surface area (Å²) in [5.41, 5.74) is 5.98. The van der Waals surface area contributed by atoms with Crippen molar-refractivity contribution in [1.29, 1.82) is 0 Å². The molecule has 3 amide bonds. The molecule has 2 aliphatic heterocycles. The van der Waals surface area contributed by atoms with E-state index in [-0.39, 0.29) is 31.1 Å². The molecule has 1 aromatic rings. The molecule has 0 aromatic heterocycles. The molecule has 1 aromatic carbocycles. The Bertz CT molecular complexity index is 793. The zero-order valence-corrected chi connectivity index (χ0v) is 14.7. The molecule has 1 spiro atoms. The summed E-state index contributed by atoms with van der Waals surface area (Å²) in [6.07, 6.45) is 0.139. The Morgan fingerprint density at radius 2 is 2.08 bits per heavy atom. The molecule has 0 saturated carbocycles. The molecule has 0 unspecified atom stereocenters. The van der Waals surface area contributed by atoms with Crippen molar-refractivity contribution in [1.82, 2.24) is 10.2 Å². The zero-order valence-electron chi connectivity index (χ0n) is 14.7. The molecule has 3 atom stereocenters. The van der Waals surface area contributed by atoms with Gasteiger partial charge in [0.1, 0.15) is 11.8 Å². The van der Waals surface area contributed by atoms with Gasteiger partial charge in [-0.15, -0.1) is 0 Å². The normalized spacial score (nSPS) is 25.1. The second kappa shape index (κ2) is 6.53. The van der Waals surface area contributed by atoms with Crippen molar-refractivity contribution in [2.75, 3.05) is 18.9 Å². The van der Waals surface area contributed by atoms with Gasteiger partial charge in [-0.1, -0.05) is 18.2 Å². The number of anilines is 1. The lowest BCUT2D eigenvalue weighted by Gasteiger charge is -2.27. The second-order valence-corrected chi connectivity index (χ2v) is 6.92. The molecule has 1 fully saturated rings. The van der Waals surface area contributed by atoms with Gasteiger partial charge >= 0.3 is 0 Å². The van der Waals surface area contributed by atoms with E-state index in [2.05, 4.69) is 10.6 Å². The average molecular weight is 358 g/mol. The first-order chi connectivity index (χ1) is 12.3. The van der Waals surface area contributed by atoms with Gasteiger partial charge in [0.25, 0.3) is 0 Å². The third kappa shape index (κ3) is 2.76. The Kier molecular flexibility index (Phi) is 4.53. The smallest absolute Gasteiger partial charge is 0.240 e. The number of para-hydroxylation sites is 1. The summed E-state index contributed by atoms with van der Waals surface area (Å²) in [7, 11) is 1.58. The summed E-state index contributed by atoms with van der Waals surface area (Å²) in [6, 6.07) is 5.58. The number of hydrogen-bond donors (Lipinski definition) is 3. The molecule has 3 rings (SSSR count). The number of nitrogens with one attached hydrogen (secondary N) is 2. The van der Waals surface area contributed by atoms with E-state index in [0.29, 0.717) is 5.69 Å². The largest absolute Gasteiger partial charge is 0.368 e. The number of nitrogens with two attached hydrogens (primary N) is 1. The molecule has 0 radical (unpaired) electrons. The number of benzene rings is 1. The highest BCUT2D eigenvalue weighted by atomic mass is 16.2. The lowest BCUT2D eigenvalue weighted by molar-refractivity contribution is -0.140. The number of rotatable bonds is 5. The summed E-state index contributed by atoms with van der Waals surface area (Å²) in [5, 5.41) is 5.64. The number of likely N-dealkylation sites (tertiary alicyclic amines) is 1. The first kappa shape index (κ1) is 18.1. The molecule has 8 heteroatoms. The highest BCUT2D eigenvalue weighted by molar-refractivity contribution is 6.08. The first-order valence-electron chi connectivity index (χ1n) is 8.47. The number of likely N-dealkylation sites (N-methyl/N-ethyl adjacent to an activating group) is 1. The minimum atomic E-state index is -1.000. The number of nitrogens with zero attached hydrogens (tertiary/aromatic N) is 1. The third-order valence-corrected chi connectivity index (χ3v) is 5.23. The quantitative estimate of drug-likeness (QED) is 0.657. The van der Waals surface area contributed by atoms with Gasteiger partial charge in [0.15, 0.2) is 0 Å². The number of fused-ring (bicyclic) bond motifs is 2. The molecule has 1 saturated heterocycles. The molecule has 26 heavy (non-hydrogen) atoms. The Labute approximate surface area is 151 Å². The van der Waals surface area contributed by atoms with Gasteiger partial charge in [-0.25, -0.2) is 0 Å². The highest BCUT2D eigenvalue weighted by Crippen LogP contribution is 2.46. The second-order valence-electron chi connectivity index (χ2n) is 6.92. The predicted molar refractivity (Wildman–Crippen MR) is 94.2 cm³/mol. The lowest BCUT2D eigenvalue weighted by atomic mass is 9.79. The standard InChI is InChI=1S/C18H22N4O4/c1-10(23)7-13(20-2)16(25)22-9-18(8-14(22)15(19)24)11-5-3-4-6-12(11)21-17(18)26/h3-6,13-14,20H,7-9H2,1-2H3,(H2,19,24)(H,21,26)/t13-,14-,18-/m0/s1. The Morgan fingerprint density at radius 3 is 2.69 bits per heavy atom. The number of primary amides is 1. The summed E-state index contributed by atoms with van der Waals surface area (Å²) in [4.78, 5) is 50.5. The van der Waals surface area contributed by atoms with Gasteiger partial charge in [0.2, 0.25) is 17.7 Å². The molecule has 0 bridgehead atoms. The zero-order chi connectivity index (χ0) is 19.1. The molecule has 2 heterocycles. The van der Waals surface area contributed by atoms with E-state index in [0.717, 1.165) is 5.56 Å². The lowest BCUT2D eigenvalue weighted by Crippen LogP contribution is -2.51. The molecule has 2 aliphatic rings. The van der Waals surface area contributed by atoms with E-state index in [4.69, 9.17) is 5.73 Å². The van der Waals surface area contributed by atoms with Crippen LogP contribution < -0.4 is 16.4 Å². The van der Waals surface area contributed by atoms with E-state index in [1.807, 2.05) is 18.2 Å². The van der Waals surface area contributed by atoms with E-state index < -0.39 is 29.3 Å². The van der Waals surface area contributed by atoms with Crippen LogP contribution in [0.25, 0.3) is 0 Å².